The molecule has 136 valence electrons. The molecule has 2 heterocycles. The lowest BCUT2D eigenvalue weighted by molar-refractivity contribution is 0.132. The maximum absolute atomic E-state index is 10.9. The maximum atomic E-state index is 10.9. The van der Waals surface area contributed by atoms with Gasteiger partial charge in [0.25, 0.3) is 0 Å². The van der Waals surface area contributed by atoms with Gasteiger partial charge in [-0.1, -0.05) is 72.6 Å². The first-order valence-electron chi connectivity index (χ1n) is 9.38. The molecule has 0 aliphatic carbocycles. The summed E-state index contributed by atoms with van der Waals surface area (Å²) in [7, 11) is 0. The molecule has 0 fully saturated rings. The Kier molecular flexibility index (Phi) is 4.40. The molecular weight excluding hydrogens is 352 g/mol. The van der Waals surface area contributed by atoms with Crippen LogP contribution < -0.4 is 0 Å². The Morgan fingerprint density at radius 1 is 0.778 bits per heavy atom. The molecular formula is C23H22N2OS. The minimum atomic E-state index is -0.415. The van der Waals surface area contributed by atoms with E-state index < -0.39 is 6.10 Å². The van der Waals surface area contributed by atoms with Crippen LogP contribution in [0.15, 0.2) is 72.8 Å². The summed E-state index contributed by atoms with van der Waals surface area (Å²) in [6, 6.07) is 25.5. The summed E-state index contributed by atoms with van der Waals surface area (Å²) in [4.78, 5) is 0. The van der Waals surface area contributed by atoms with E-state index in [2.05, 4.69) is 81.7 Å². The molecule has 0 saturated heterocycles. The highest BCUT2D eigenvalue weighted by Crippen LogP contribution is 2.31. The average Bonchev–Trinajstić information content (AvgIpc) is 3.02. The van der Waals surface area contributed by atoms with Crippen molar-refractivity contribution in [3.05, 3.63) is 83.9 Å². The molecule has 3 aromatic carbocycles. The van der Waals surface area contributed by atoms with Gasteiger partial charge in [0.05, 0.1) is 12.6 Å². The number of aliphatic hydroxyl groups is 1. The molecule has 1 aliphatic heterocycles. The second-order valence-corrected chi connectivity index (χ2v) is 8.23. The Labute approximate surface area is 163 Å². The van der Waals surface area contributed by atoms with E-state index >= 15 is 0 Å². The van der Waals surface area contributed by atoms with Gasteiger partial charge in [-0.3, -0.25) is 0 Å². The van der Waals surface area contributed by atoms with Crippen LogP contribution in [0.1, 0.15) is 11.1 Å². The van der Waals surface area contributed by atoms with Crippen LogP contribution in [-0.2, 0) is 18.8 Å². The topological polar surface area (TPSA) is 28.4 Å². The lowest BCUT2D eigenvalue weighted by atomic mass is 10.1. The molecule has 1 atom stereocenters. The Bertz CT molecular complexity index is 1050. The molecule has 4 heteroatoms. The number of rotatable bonds is 4. The van der Waals surface area contributed by atoms with E-state index in [0.29, 0.717) is 13.1 Å². The maximum Gasteiger partial charge on any atom is 0.0855 e. The van der Waals surface area contributed by atoms with Crippen LogP contribution in [-0.4, -0.2) is 26.6 Å². The van der Waals surface area contributed by atoms with E-state index in [1.165, 1.54) is 32.9 Å². The van der Waals surface area contributed by atoms with Crippen molar-refractivity contribution in [2.75, 3.05) is 6.54 Å². The van der Waals surface area contributed by atoms with Crippen molar-refractivity contribution < 1.29 is 5.11 Å². The summed E-state index contributed by atoms with van der Waals surface area (Å²) in [6.07, 6.45) is -0.415. The number of benzene rings is 3. The summed E-state index contributed by atoms with van der Waals surface area (Å²) in [5.41, 5.74) is 5.17. The van der Waals surface area contributed by atoms with Crippen LogP contribution in [0.2, 0.25) is 0 Å². The first-order chi connectivity index (χ1) is 13.3. The second kappa shape index (κ2) is 7.04. The zero-order chi connectivity index (χ0) is 18.2. The summed E-state index contributed by atoms with van der Waals surface area (Å²) >= 11 is 1.82. The molecule has 1 unspecified atom stereocenters. The van der Waals surface area contributed by atoms with Gasteiger partial charge >= 0.3 is 0 Å². The number of para-hydroxylation sites is 2. The fourth-order valence-corrected chi connectivity index (χ4v) is 5.18. The molecule has 1 aliphatic rings. The third-order valence-electron chi connectivity index (χ3n) is 5.36. The number of β-amino-alcohol motifs (C(OH)–C–C–N with tert-alkyl or cyclic N) is 1. The van der Waals surface area contributed by atoms with Crippen LogP contribution in [0.3, 0.4) is 0 Å². The van der Waals surface area contributed by atoms with Crippen molar-refractivity contribution in [3.63, 3.8) is 0 Å². The van der Waals surface area contributed by atoms with Crippen LogP contribution in [0, 0.1) is 0 Å². The van der Waals surface area contributed by atoms with E-state index in [0.717, 1.165) is 12.3 Å². The predicted molar refractivity (Wildman–Crippen MR) is 114 cm³/mol. The van der Waals surface area contributed by atoms with Crippen molar-refractivity contribution in [1.29, 1.82) is 0 Å². The number of aromatic nitrogens is 1. The minimum Gasteiger partial charge on any atom is -0.390 e. The quantitative estimate of drug-likeness (QED) is 0.519. The number of nitrogens with zero attached hydrogens (tertiary/aromatic N) is 2. The van der Waals surface area contributed by atoms with Gasteiger partial charge in [-0.05, 0) is 23.3 Å². The first kappa shape index (κ1) is 16.9. The van der Waals surface area contributed by atoms with Gasteiger partial charge in [-0.25, -0.2) is 4.31 Å². The third kappa shape index (κ3) is 3.14. The molecule has 3 nitrogen and oxygen atoms in total. The van der Waals surface area contributed by atoms with Crippen molar-refractivity contribution in [3.8, 4) is 0 Å². The second-order valence-electron chi connectivity index (χ2n) is 7.16. The van der Waals surface area contributed by atoms with Crippen LogP contribution in [0.5, 0.6) is 0 Å². The first-order valence-corrected chi connectivity index (χ1v) is 10.3. The number of fused-ring (bicyclic) bond motifs is 4. The van der Waals surface area contributed by atoms with Crippen molar-refractivity contribution in [1.82, 2.24) is 8.87 Å². The van der Waals surface area contributed by atoms with Gasteiger partial charge in [0, 0.05) is 40.6 Å². The molecule has 0 amide bonds. The lowest BCUT2D eigenvalue weighted by Crippen LogP contribution is -2.32. The number of hydrogen-bond donors (Lipinski definition) is 1. The molecule has 5 rings (SSSR count). The van der Waals surface area contributed by atoms with Crippen LogP contribution in [0.25, 0.3) is 21.8 Å². The van der Waals surface area contributed by atoms with E-state index in [4.69, 9.17) is 0 Å². The zero-order valence-corrected chi connectivity index (χ0v) is 15.9. The summed E-state index contributed by atoms with van der Waals surface area (Å²) in [6.45, 7) is 2.16. The fourth-order valence-electron chi connectivity index (χ4n) is 4.07. The van der Waals surface area contributed by atoms with Crippen molar-refractivity contribution in [2.24, 2.45) is 0 Å². The average molecular weight is 375 g/mol. The summed E-state index contributed by atoms with van der Waals surface area (Å²) < 4.78 is 4.55. The Morgan fingerprint density at radius 2 is 1.37 bits per heavy atom. The molecule has 4 aromatic rings. The third-order valence-corrected chi connectivity index (χ3v) is 6.44. The minimum absolute atomic E-state index is 0.415. The van der Waals surface area contributed by atoms with E-state index in [-0.39, 0.29) is 0 Å². The van der Waals surface area contributed by atoms with Gasteiger partial charge in [0.15, 0.2) is 0 Å². The normalized spacial score (nSPS) is 15.9. The predicted octanol–water partition coefficient (Wildman–Crippen LogP) is 4.82. The summed E-state index contributed by atoms with van der Waals surface area (Å²) in [5.74, 6) is 0.984. The van der Waals surface area contributed by atoms with Crippen LogP contribution >= 0.6 is 11.9 Å². The number of hydrogen-bond acceptors (Lipinski definition) is 3. The molecule has 0 radical (unpaired) electrons. The van der Waals surface area contributed by atoms with Gasteiger partial charge in [0.1, 0.15) is 0 Å². The molecule has 0 saturated carbocycles. The zero-order valence-electron chi connectivity index (χ0n) is 15.1. The van der Waals surface area contributed by atoms with E-state index in [1.54, 1.807) is 0 Å². The SMILES string of the molecule is OC(CN1Cc2ccccc2CS1)Cn1c2ccccc2c2ccccc21. The largest absolute Gasteiger partial charge is 0.390 e. The molecule has 1 N–H and O–H groups in total. The fraction of sp³-hybridized carbons (Fsp3) is 0.217. The van der Waals surface area contributed by atoms with Gasteiger partial charge in [-0.15, -0.1) is 0 Å². The van der Waals surface area contributed by atoms with E-state index in [1.807, 2.05) is 11.9 Å². The smallest absolute Gasteiger partial charge is 0.0855 e. The molecule has 27 heavy (non-hydrogen) atoms. The lowest BCUT2D eigenvalue weighted by Gasteiger charge is -2.29. The summed E-state index contributed by atoms with van der Waals surface area (Å²) in [5, 5.41) is 13.4. The van der Waals surface area contributed by atoms with Crippen molar-refractivity contribution in [2.45, 2.75) is 24.9 Å². The Hall–Kier alpha value is -2.27. The molecule has 0 spiro atoms. The Balaban J connectivity index is 1.39. The van der Waals surface area contributed by atoms with Gasteiger partial charge in [0.2, 0.25) is 0 Å². The van der Waals surface area contributed by atoms with Crippen molar-refractivity contribution >= 4 is 33.8 Å². The Morgan fingerprint density at radius 3 is 2.07 bits per heavy atom. The monoisotopic (exact) mass is 374 g/mol. The molecule has 0 bridgehead atoms. The molecule has 1 aromatic heterocycles. The highest BCUT2D eigenvalue weighted by molar-refractivity contribution is 7.96. The standard InChI is InChI=1S/C23H22N2OS/c26-19(14-24-13-17-7-1-2-8-18(17)16-27-24)15-25-22-11-5-3-9-20(22)21-10-4-6-12-23(21)25/h1-12,19,26H,13-16H2. The number of aliphatic hydroxyl groups excluding tert-OH is 1. The van der Waals surface area contributed by atoms with E-state index in [9.17, 15) is 5.11 Å². The van der Waals surface area contributed by atoms with Gasteiger partial charge < -0.3 is 9.67 Å². The van der Waals surface area contributed by atoms with Crippen LogP contribution in [0.4, 0.5) is 0 Å². The van der Waals surface area contributed by atoms with Gasteiger partial charge in [-0.2, -0.15) is 0 Å². The highest BCUT2D eigenvalue weighted by Gasteiger charge is 2.20. The highest BCUT2D eigenvalue weighted by atomic mass is 32.2.